The lowest BCUT2D eigenvalue weighted by Gasteiger charge is -2.31. The van der Waals surface area contributed by atoms with Crippen molar-refractivity contribution in [2.45, 2.75) is 38.0 Å². The van der Waals surface area contributed by atoms with Crippen LogP contribution in [0.2, 0.25) is 5.02 Å². The van der Waals surface area contributed by atoms with Crippen molar-refractivity contribution in [3.05, 3.63) is 83.1 Å². The van der Waals surface area contributed by atoms with Gasteiger partial charge in [0.05, 0.1) is 29.1 Å². The fraction of sp³-hybridized carbons (Fsp3) is 0.296. The number of carboxylic acids is 1. The van der Waals surface area contributed by atoms with Gasteiger partial charge in [-0.2, -0.15) is 5.10 Å². The van der Waals surface area contributed by atoms with Gasteiger partial charge in [-0.25, -0.2) is 14.5 Å². The van der Waals surface area contributed by atoms with Gasteiger partial charge in [-0.3, -0.25) is 0 Å². The predicted octanol–water partition coefficient (Wildman–Crippen LogP) is 6.52. The lowest BCUT2D eigenvalue weighted by atomic mass is 9.78. The first-order valence-electron chi connectivity index (χ1n) is 11.7. The molecule has 1 aliphatic rings. The molecule has 6 nitrogen and oxygen atoms in total. The van der Waals surface area contributed by atoms with E-state index in [0.717, 1.165) is 35.1 Å². The lowest BCUT2D eigenvalue weighted by Crippen LogP contribution is -2.25. The number of aromatic carboxylic acids is 1. The van der Waals surface area contributed by atoms with E-state index < -0.39 is 5.97 Å². The minimum absolute atomic E-state index is 0.101. The summed E-state index contributed by atoms with van der Waals surface area (Å²) in [5.41, 5.74) is 3.17. The maximum absolute atomic E-state index is 11.2. The molecule has 2 heterocycles. The van der Waals surface area contributed by atoms with Gasteiger partial charge in [0.1, 0.15) is 0 Å². The van der Waals surface area contributed by atoms with Crippen molar-refractivity contribution >= 4 is 28.5 Å². The van der Waals surface area contributed by atoms with E-state index in [0.29, 0.717) is 23.4 Å². The van der Waals surface area contributed by atoms with Crippen molar-refractivity contribution in [3.8, 4) is 11.6 Å². The van der Waals surface area contributed by atoms with Crippen LogP contribution < -0.4 is 4.74 Å². The Balaban J connectivity index is 1.55. The van der Waals surface area contributed by atoms with E-state index in [-0.39, 0.29) is 11.5 Å². The second-order valence-electron chi connectivity index (χ2n) is 8.80. The van der Waals surface area contributed by atoms with Crippen LogP contribution in [0.5, 0.6) is 5.88 Å². The van der Waals surface area contributed by atoms with Crippen molar-refractivity contribution in [1.82, 2.24) is 14.8 Å². The van der Waals surface area contributed by atoms with Crippen molar-refractivity contribution in [1.29, 1.82) is 0 Å². The van der Waals surface area contributed by atoms with Gasteiger partial charge in [0, 0.05) is 28.6 Å². The molecule has 0 saturated heterocycles. The second-order valence-corrected chi connectivity index (χ2v) is 9.23. The highest BCUT2D eigenvalue weighted by Crippen LogP contribution is 2.40. The molecule has 0 radical (unpaired) electrons. The Bertz CT molecular complexity index is 1280. The maximum Gasteiger partial charge on any atom is 0.337 e. The van der Waals surface area contributed by atoms with Crippen LogP contribution in [0, 0.1) is 5.92 Å². The molecule has 0 spiro atoms. The zero-order valence-electron chi connectivity index (χ0n) is 18.7. The molecule has 174 valence electrons. The van der Waals surface area contributed by atoms with Crippen LogP contribution in [0.15, 0.2) is 66.9 Å². The number of carboxylic acid groups (broad SMARTS) is 1. The Morgan fingerprint density at radius 2 is 1.82 bits per heavy atom. The van der Waals surface area contributed by atoms with Crippen LogP contribution in [0.4, 0.5) is 0 Å². The molecule has 1 aliphatic carbocycles. The third-order valence-electron chi connectivity index (χ3n) is 6.65. The van der Waals surface area contributed by atoms with E-state index in [1.54, 1.807) is 6.07 Å². The molecule has 34 heavy (non-hydrogen) atoms. The van der Waals surface area contributed by atoms with Gasteiger partial charge < -0.3 is 9.84 Å². The zero-order valence-corrected chi connectivity index (χ0v) is 19.5. The predicted molar refractivity (Wildman–Crippen MR) is 132 cm³/mol. The summed E-state index contributed by atoms with van der Waals surface area (Å²) in [5.74, 6) is -0.0207. The molecular weight excluding hydrogens is 450 g/mol. The molecule has 7 heteroatoms. The number of hydrogen-bond donors (Lipinski definition) is 1. The number of halogens is 1. The molecule has 1 atom stereocenters. The summed E-state index contributed by atoms with van der Waals surface area (Å²) in [7, 11) is 0. The fourth-order valence-electron chi connectivity index (χ4n) is 4.93. The Kier molecular flexibility index (Phi) is 6.50. The van der Waals surface area contributed by atoms with Gasteiger partial charge >= 0.3 is 5.97 Å². The van der Waals surface area contributed by atoms with Gasteiger partial charge in [-0.1, -0.05) is 49.1 Å². The summed E-state index contributed by atoms with van der Waals surface area (Å²) < 4.78 is 8.20. The molecule has 1 unspecified atom stereocenters. The third kappa shape index (κ3) is 4.64. The van der Waals surface area contributed by atoms with E-state index in [2.05, 4.69) is 11.1 Å². The van der Waals surface area contributed by atoms with Crippen LogP contribution in [0.1, 0.15) is 54.1 Å². The smallest absolute Gasteiger partial charge is 0.337 e. The molecule has 4 aromatic rings. The van der Waals surface area contributed by atoms with Crippen LogP contribution in [0.3, 0.4) is 0 Å². The van der Waals surface area contributed by atoms with Gasteiger partial charge in [0.2, 0.25) is 5.88 Å². The topological polar surface area (TPSA) is 77.2 Å². The Labute approximate surface area is 203 Å². The molecular formula is C27H26ClN3O3. The van der Waals surface area contributed by atoms with E-state index in [1.807, 2.05) is 47.1 Å². The first-order valence-corrected chi connectivity index (χ1v) is 12.0. The molecule has 0 amide bonds. The first kappa shape index (κ1) is 22.4. The standard InChI is InChI=1S/C27H26ClN3O3/c28-20-11-13-21(14-12-20)31-26(22-8-4-5-9-24(22)30-31)23(18-6-2-1-3-7-18)17-34-25-15-10-19(16-29-25)27(32)33/h4-5,8-16,18,23H,1-3,6-7,17H2,(H,32,33). The minimum Gasteiger partial charge on any atom is -0.478 e. The zero-order chi connectivity index (χ0) is 23.5. The number of hydrogen-bond acceptors (Lipinski definition) is 4. The highest BCUT2D eigenvalue weighted by Gasteiger charge is 2.31. The van der Waals surface area contributed by atoms with Crippen molar-refractivity contribution < 1.29 is 14.6 Å². The van der Waals surface area contributed by atoms with Crippen molar-refractivity contribution in [2.24, 2.45) is 5.92 Å². The Morgan fingerprint density at radius 1 is 1.06 bits per heavy atom. The van der Waals surface area contributed by atoms with Crippen molar-refractivity contribution in [2.75, 3.05) is 6.61 Å². The minimum atomic E-state index is -1.00. The average molecular weight is 476 g/mol. The average Bonchev–Trinajstić information content (AvgIpc) is 3.25. The molecule has 1 saturated carbocycles. The van der Waals surface area contributed by atoms with Crippen LogP contribution >= 0.6 is 11.6 Å². The van der Waals surface area contributed by atoms with Gasteiger partial charge in [-0.05, 0) is 55.2 Å². The second kappa shape index (κ2) is 9.85. The SMILES string of the molecule is O=C(O)c1ccc(OCC(c2c3ccccc3nn2-c2ccc(Cl)cc2)C2CCCCC2)nc1. The van der Waals surface area contributed by atoms with Crippen molar-refractivity contribution in [3.63, 3.8) is 0 Å². The number of pyridine rings is 1. The quantitative estimate of drug-likeness (QED) is 0.329. The number of nitrogens with zero attached hydrogens (tertiary/aromatic N) is 3. The number of benzene rings is 2. The highest BCUT2D eigenvalue weighted by molar-refractivity contribution is 6.30. The third-order valence-corrected chi connectivity index (χ3v) is 6.90. The number of rotatable bonds is 7. The number of ether oxygens (including phenoxy) is 1. The highest BCUT2D eigenvalue weighted by atomic mass is 35.5. The Morgan fingerprint density at radius 3 is 2.53 bits per heavy atom. The summed E-state index contributed by atoms with van der Waals surface area (Å²) in [4.78, 5) is 15.4. The van der Waals surface area contributed by atoms with E-state index in [4.69, 9.17) is 26.5 Å². The van der Waals surface area contributed by atoms with E-state index in [1.165, 1.54) is 31.5 Å². The molecule has 1 fully saturated rings. The maximum atomic E-state index is 11.2. The molecule has 5 rings (SSSR count). The Hall–Kier alpha value is -3.38. The number of fused-ring (bicyclic) bond motifs is 1. The van der Waals surface area contributed by atoms with Crippen LogP contribution in [-0.2, 0) is 0 Å². The number of aromatic nitrogens is 3. The van der Waals surface area contributed by atoms with Gasteiger partial charge in [0.15, 0.2) is 0 Å². The lowest BCUT2D eigenvalue weighted by molar-refractivity contribution is 0.0696. The molecule has 2 aromatic heterocycles. The molecule has 0 aliphatic heterocycles. The van der Waals surface area contributed by atoms with Gasteiger partial charge in [0.25, 0.3) is 0 Å². The van der Waals surface area contributed by atoms with E-state index in [9.17, 15) is 4.79 Å². The monoisotopic (exact) mass is 475 g/mol. The molecule has 2 aromatic carbocycles. The molecule has 1 N–H and O–H groups in total. The summed E-state index contributed by atoms with van der Waals surface area (Å²) in [6.07, 6.45) is 7.29. The summed E-state index contributed by atoms with van der Waals surface area (Å²) in [5, 5.41) is 15.9. The summed E-state index contributed by atoms with van der Waals surface area (Å²) in [6.45, 7) is 0.438. The first-order chi connectivity index (χ1) is 16.6. The fourth-order valence-corrected chi connectivity index (χ4v) is 5.06. The van der Waals surface area contributed by atoms with Crippen LogP contribution in [0.25, 0.3) is 16.6 Å². The summed E-state index contributed by atoms with van der Waals surface area (Å²) >= 11 is 6.16. The largest absolute Gasteiger partial charge is 0.478 e. The molecule has 0 bridgehead atoms. The normalized spacial score (nSPS) is 15.3. The summed E-state index contributed by atoms with van der Waals surface area (Å²) in [6, 6.07) is 19.1. The number of carbonyl (C=O) groups is 1. The van der Waals surface area contributed by atoms with Gasteiger partial charge in [-0.15, -0.1) is 0 Å². The van der Waals surface area contributed by atoms with Crippen LogP contribution in [-0.4, -0.2) is 32.4 Å². The van der Waals surface area contributed by atoms with E-state index >= 15 is 0 Å².